The zero-order chi connectivity index (χ0) is 34.0. The van der Waals surface area contributed by atoms with Crippen molar-refractivity contribution >= 4 is 44.0 Å². The Balaban J connectivity index is 1.26. The number of aryl methyl sites for hydroxylation is 1. The second kappa shape index (κ2) is 13.3. The van der Waals surface area contributed by atoms with Crippen LogP contribution in [0.5, 0.6) is 0 Å². The van der Waals surface area contributed by atoms with Crippen LogP contribution in [0.3, 0.4) is 0 Å². The van der Waals surface area contributed by atoms with Crippen molar-refractivity contribution in [3.05, 3.63) is 130 Å². The molecule has 0 fully saturated rings. The summed E-state index contributed by atoms with van der Waals surface area (Å²) in [5.74, 6) is -0.389. The highest BCUT2D eigenvalue weighted by Gasteiger charge is 2.25. The lowest BCUT2D eigenvalue weighted by atomic mass is 10.1. The van der Waals surface area contributed by atoms with Gasteiger partial charge in [-0.15, -0.1) is 0 Å². The summed E-state index contributed by atoms with van der Waals surface area (Å²) in [5, 5.41) is 0. The van der Waals surface area contributed by atoms with Gasteiger partial charge in [0.25, 0.3) is 15.9 Å². The van der Waals surface area contributed by atoms with Gasteiger partial charge in [0.2, 0.25) is 0 Å². The summed E-state index contributed by atoms with van der Waals surface area (Å²) in [6.07, 6.45) is 0.977. The van der Waals surface area contributed by atoms with Crippen LogP contribution >= 0.6 is 0 Å². The Hall–Kier alpha value is -5.49. The van der Waals surface area contributed by atoms with Gasteiger partial charge in [0.15, 0.2) is 0 Å². The van der Waals surface area contributed by atoms with Crippen LogP contribution in [-0.4, -0.2) is 46.1 Å². The van der Waals surface area contributed by atoms with E-state index in [0.29, 0.717) is 12.5 Å². The van der Waals surface area contributed by atoms with Crippen LogP contribution in [0, 0.1) is 5.92 Å². The number of nitrogens with zero attached hydrogens (tertiary/aromatic N) is 4. The maximum absolute atomic E-state index is 14.0. The molecule has 0 radical (unpaired) electrons. The Morgan fingerprint density at radius 1 is 0.792 bits per heavy atom. The summed E-state index contributed by atoms with van der Waals surface area (Å²) in [6.45, 7) is 5.68. The lowest BCUT2D eigenvalue weighted by Gasteiger charge is -2.11. The molecule has 1 amide bonds. The predicted molar refractivity (Wildman–Crippen MR) is 182 cm³/mol. The SMILES string of the molecule is COC(=O)c1ccccc1S(=O)(=O)NC(=O)c1ccc(Cn2c(=O)n(Cc3nc4ccccc4n3CCC(C)C)c3ccccc32)cc1. The molecule has 6 rings (SSSR count). The zero-order valence-corrected chi connectivity index (χ0v) is 27.6. The number of aromatic nitrogens is 4. The van der Waals surface area contributed by atoms with Crippen molar-refractivity contribution in [3.63, 3.8) is 0 Å². The number of sulfonamides is 1. The van der Waals surface area contributed by atoms with Gasteiger partial charge in [0.05, 0.1) is 47.8 Å². The molecule has 2 aromatic heterocycles. The first-order chi connectivity index (χ1) is 23.1. The van der Waals surface area contributed by atoms with Crippen LogP contribution < -0.4 is 10.4 Å². The van der Waals surface area contributed by atoms with Crippen LogP contribution in [0.15, 0.2) is 107 Å². The van der Waals surface area contributed by atoms with Crippen LogP contribution in [0.25, 0.3) is 22.1 Å². The first-order valence-electron chi connectivity index (χ1n) is 15.5. The molecule has 0 bridgehead atoms. The summed E-state index contributed by atoms with van der Waals surface area (Å²) >= 11 is 0. The minimum absolute atomic E-state index is 0.0907. The van der Waals surface area contributed by atoms with Crippen LogP contribution in [0.1, 0.15) is 52.4 Å². The van der Waals surface area contributed by atoms with Crippen LogP contribution in [-0.2, 0) is 34.4 Å². The van der Waals surface area contributed by atoms with E-state index in [9.17, 15) is 22.8 Å². The van der Waals surface area contributed by atoms with Gasteiger partial charge in [-0.1, -0.05) is 62.4 Å². The average molecular weight is 666 g/mol. The first kappa shape index (κ1) is 32.5. The molecule has 2 heterocycles. The smallest absolute Gasteiger partial charge is 0.339 e. The number of nitrogens with one attached hydrogen (secondary N) is 1. The van der Waals surface area contributed by atoms with Gasteiger partial charge < -0.3 is 9.30 Å². The first-order valence-corrected chi connectivity index (χ1v) is 17.0. The Morgan fingerprint density at radius 2 is 1.40 bits per heavy atom. The molecule has 0 atom stereocenters. The Kier molecular flexibility index (Phi) is 9.01. The third-order valence-electron chi connectivity index (χ3n) is 8.25. The van der Waals surface area contributed by atoms with Gasteiger partial charge >= 0.3 is 11.7 Å². The normalized spacial score (nSPS) is 11.8. The predicted octanol–water partition coefficient (Wildman–Crippen LogP) is 5.20. The molecule has 11 nitrogen and oxygen atoms in total. The number of carbonyl (C=O) groups excluding carboxylic acids is 2. The van der Waals surface area contributed by atoms with E-state index in [0.717, 1.165) is 53.5 Å². The van der Waals surface area contributed by atoms with Crippen molar-refractivity contribution in [1.82, 2.24) is 23.4 Å². The van der Waals surface area contributed by atoms with Gasteiger partial charge in [-0.25, -0.2) is 27.7 Å². The summed E-state index contributed by atoms with van der Waals surface area (Å²) in [4.78, 5) is 43.6. The van der Waals surface area contributed by atoms with E-state index >= 15 is 0 Å². The topological polar surface area (TPSA) is 134 Å². The minimum Gasteiger partial charge on any atom is -0.465 e. The van der Waals surface area contributed by atoms with Gasteiger partial charge in [0.1, 0.15) is 10.7 Å². The quantitative estimate of drug-likeness (QED) is 0.188. The van der Waals surface area contributed by atoms with Crippen molar-refractivity contribution in [2.45, 2.75) is 44.8 Å². The molecule has 0 spiro atoms. The summed E-state index contributed by atoms with van der Waals surface area (Å²) in [7, 11) is -3.24. The van der Waals surface area contributed by atoms with E-state index < -0.39 is 21.9 Å². The van der Waals surface area contributed by atoms with E-state index in [1.807, 2.05) is 47.2 Å². The monoisotopic (exact) mass is 665 g/mol. The molecule has 0 aliphatic carbocycles. The molecule has 0 saturated heterocycles. The van der Waals surface area contributed by atoms with Crippen LogP contribution in [0.4, 0.5) is 0 Å². The molecule has 0 unspecified atom stereocenters. The number of methoxy groups -OCH3 is 1. The molecule has 246 valence electrons. The van der Waals surface area contributed by atoms with Gasteiger partial charge in [-0.3, -0.25) is 13.9 Å². The third-order valence-corrected chi connectivity index (χ3v) is 9.64. The van der Waals surface area contributed by atoms with Crippen molar-refractivity contribution in [3.8, 4) is 0 Å². The van der Waals surface area contributed by atoms with E-state index in [-0.39, 0.29) is 28.3 Å². The molecule has 0 aliphatic rings. The van der Waals surface area contributed by atoms with Crippen molar-refractivity contribution < 1.29 is 22.7 Å². The number of carbonyl (C=O) groups is 2. The molecule has 0 saturated carbocycles. The summed E-state index contributed by atoms with van der Waals surface area (Å²) in [6, 6.07) is 27.4. The Labute approximate surface area is 277 Å². The van der Waals surface area contributed by atoms with Crippen molar-refractivity contribution in [2.24, 2.45) is 5.92 Å². The molecule has 1 N–H and O–H groups in total. The number of rotatable bonds is 11. The number of fused-ring (bicyclic) bond motifs is 2. The molecule has 0 aliphatic heterocycles. The lowest BCUT2D eigenvalue weighted by molar-refractivity contribution is 0.0596. The molecule has 6 aromatic rings. The second-order valence-electron chi connectivity index (χ2n) is 11.9. The molecular formula is C36H35N5O6S. The minimum atomic E-state index is -4.38. The molecular weight excluding hydrogens is 630 g/mol. The third kappa shape index (κ3) is 6.39. The number of hydrogen-bond acceptors (Lipinski definition) is 7. The Bertz CT molecular complexity index is 2320. The van der Waals surface area contributed by atoms with E-state index in [2.05, 4.69) is 29.2 Å². The highest BCUT2D eigenvalue weighted by atomic mass is 32.2. The van der Waals surface area contributed by atoms with E-state index in [1.54, 1.807) is 21.3 Å². The highest BCUT2D eigenvalue weighted by Crippen LogP contribution is 2.22. The molecule has 4 aromatic carbocycles. The lowest BCUT2D eigenvalue weighted by Crippen LogP contribution is -2.31. The fraction of sp³-hybridized carbons (Fsp3) is 0.222. The second-order valence-corrected chi connectivity index (χ2v) is 13.6. The largest absolute Gasteiger partial charge is 0.465 e. The van der Waals surface area contributed by atoms with Gasteiger partial charge in [-0.2, -0.15) is 0 Å². The van der Waals surface area contributed by atoms with Gasteiger partial charge in [-0.05, 0) is 66.4 Å². The molecule has 12 heteroatoms. The summed E-state index contributed by atoms with van der Waals surface area (Å²) in [5.41, 5.74) is 3.89. The molecule has 48 heavy (non-hydrogen) atoms. The fourth-order valence-corrected chi connectivity index (χ4v) is 6.93. The number of esters is 1. The zero-order valence-electron chi connectivity index (χ0n) is 26.8. The van der Waals surface area contributed by atoms with E-state index in [4.69, 9.17) is 4.98 Å². The number of para-hydroxylation sites is 4. The van der Waals surface area contributed by atoms with Crippen molar-refractivity contribution in [1.29, 1.82) is 0 Å². The fourth-order valence-electron chi connectivity index (χ4n) is 5.76. The number of hydrogen-bond donors (Lipinski definition) is 1. The van der Waals surface area contributed by atoms with Crippen molar-refractivity contribution in [2.75, 3.05) is 7.11 Å². The number of imidazole rings is 2. The van der Waals surface area contributed by atoms with E-state index in [1.165, 1.54) is 36.4 Å². The Morgan fingerprint density at radius 3 is 2.06 bits per heavy atom. The number of benzene rings is 4. The van der Waals surface area contributed by atoms with Gasteiger partial charge in [0, 0.05) is 12.1 Å². The maximum atomic E-state index is 14.0. The number of ether oxygens (including phenoxy) is 1. The number of amides is 1. The highest BCUT2D eigenvalue weighted by molar-refractivity contribution is 7.90. The maximum Gasteiger partial charge on any atom is 0.339 e. The summed E-state index contributed by atoms with van der Waals surface area (Å²) < 4.78 is 38.3. The standard InChI is InChI=1S/C36H35N5O6S/c1-24(2)20-21-39-29-12-6-5-11-28(29)37-33(39)23-41-31-14-8-7-13-30(31)40(36(41)44)22-25-16-18-26(19-17-25)34(42)38-48(45,46)32-15-9-4-10-27(32)35(43)47-3/h4-19,24H,20-23H2,1-3H3,(H,38,42). The van der Waals surface area contributed by atoms with Crippen LogP contribution in [0.2, 0.25) is 0 Å². The average Bonchev–Trinajstić information content (AvgIpc) is 3.57.